The van der Waals surface area contributed by atoms with E-state index in [4.69, 9.17) is 4.74 Å². The first-order valence-electron chi connectivity index (χ1n) is 6.35. The minimum absolute atomic E-state index is 0.155. The molecule has 1 heterocycles. The molecule has 1 atom stereocenters. The number of nitrogens with one attached hydrogen (secondary N) is 1. The molecule has 0 spiro atoms. The normalized spacial score (nSPS) is 12.3. The maximum atomic E-state index is 12.7. The number of aromatic nitrogens is 3. The summed E-state index contributed by atoms with van der Waals surface area (Å²) in [6.07, 6.45) is 2.76. The molecule has 0 bridgehead atoms. The van der Waals surface area contributed by atoms with E-state index in [2.05, 4.69) is 15.6 Å². The van der Waals surface area contributed by atoms with Crippen molar-refractivity contribution in [3.8, 4) is 5.75 Å². The van der Waals surface area contributed by atoms with Gasteiger partial charge in [-0.3, -0.25) is 4.68 Å². The van der Waals surface area contributed by atoms with E-state index in [0.717, 1.165) is 0 Å². The molecule has 2 aromatic rings. The Hall–Kier alpha value is -1.99. The second-order valence-corrected chi connectivity index (χ2v) is 4.29. The Balaban J connectivity index is 1.58. The summed E-state index contributed by atoms with van der Waals surface area (Å²) in [6.45, 7) is 1.93. The van der Waals surface area contributed by atoms with Crippen LogP contribution in [0.3, 0.4) is 0 Å². The van der Waals surface area contributed by atoms with Crippen molar-refractivity contribution in [2.24, 2.45) is 0 Å². The van der Waals surface area contributed by atoms with Crippen LogP contribution in [0.4, 0.5) is 4.39 Å². The first-order valence-corrected chi connectivity index (χ1v) is 6.35. The highest BCUT2D eigenvalue weighted by Crippen LogP contribution is 2.11. The fraction of sp³-hybridized carbons (Fsp3) is 0.385. The summed E-state index contributed by atoms with van der Waals surface area (Å²) in [5.41, 5.74) is 0. The molecule has 0 saturated heterocycles. The third-order valence-electron chi connectivity index (χ3n) is 2.63. The van der Waals surface area contributed by atoms with Gasteiger partial charge in [0.2, 0.25) is 0 Å². The van der Waals surface area contributed by atoms with Crippen molar-refractivity contribution in [2.75, 3.05) is 19.7 Å². The van der Waals surface area contributed by atoms with Gasteiger partial charge in [-0.2, -0.15) is 0 Å². The van der Waals surface area contributed by atoms with Gasteiger partial charge in [-0.15, -0.1) is 5.10 Å². The summed E-state index contributed by atoms with van der Waals surface area (Å²) in [7, 11) is 0. The number of halogens is 1. The zero-order valence-corrected chi connectivity index (χ0v) is 10.9. The summed E-state index contributed by atoms with van der Waals surface area (Å²) >= 11 is 0. The number of aliphatic hydroxyl groups is 1. The number of hydrogen-bond acceptors (Lipinski definition) is 5. The summed E-state index contributed by atoms with van der Waals surface area (Å²) in [6, 6.07) is 5.69. The molecule has 1 aromatic heterocycles. The van der Waals surface area contributed by atoms with Gasteiger partial charge in [0, 0.05) is 19.3 Å². The van der Waals surface area contributed by atoms with E-state index in [1.165, 1.54) is 24.3 Å². The maximum absolute atomic E-state index is 12.7. The van der Waals surface area contributed by atoms with Crippen molar-refractivity contribution in [3.63, 3.8) is 0 Å². The number of benzene rings is 1. The third kappa shape index (κ3) is 4.94. The molecule has 0 saturated carbocycles. The van der Waals surface area contributed by atoms with Gasteiger partial charge < -0.3 is 15.2 Å². The molecule has 1 unspecified atom stereocenters. The summed E-state index contributed by atoms with van der Waals surface area (Å²) in [5, 5.41) is 20.3. The van der Waals surface area contributed by atoms with Gasteiger partial charge in [0.25, 0.3) is 0 Å². The first kappa shape index (κ1) is 14.4. The Labute approximate surface area is 116 Å². The average molecular weight is 280 g/mol. The molecular weight excluding hydrogens is 263 g/mol. The quantitative estimate of drug-likeness (QED) is 0.687. The summed E-state index contributed by atoms with van der Waals surface area (Å²) in [4.78, 5) is 0. The van der Waals surface area contributed by atoms with Gasteiger partial charge in [-0.05, 0) is 24.3 Å². The van der Waals surface area contributed by atoms with Gasteiger partial charge in [-0.25, -0.2) is 4.39 Å². The zero-order valence-electron chi connectivity index (χ0n) is 10.9. The van der Waals surface area contributed by atoms with E-state index in [1.54, 1.807) is 17.1 Å². The van der Waals surface area contributed by atoms with Crippen molar-refractivity contribution in [1.29, 1.82) is 0 Å². The van der Waals surface area contributed by atoms with E-state index >= 15 is 0 Å². The molecular formula is C13H17FN4O2. The Morgan fingerprint density at radius 2 is 2.15 bits per heavy atom. The lowest BCUT2D eigenvalue weighted by Crippen LogP contribution is -2.33. The Morgan fingerprint density at radius 3 is 2.85 bits per heavy atom. The molecule has 0 fully saturated rings. The lowest BCUT2D eigenvalue weighted by atomic mass is 10.3. The Morgan fingerprint density at radius 1 is 1.35 bits per heavy atom. The van der Waals surface area contributed by atoms with Crippen LogP contribution in [0.15, 0.2) is 36.7 Å². The maximum Gasteiger partial charge on any atom is 0.123 e. The van der Waals surface area contributed by atoms with Crippen LogP contribution in [0.25, 0.3) is 0 Å². The molecule has 0 aliphatic heterocycles. The molecule has 0 aliphatic rings. The predicted molar refractivity (Wildman–Crippen MR) is 70.8 cm³/mol. The SMILES string of the molecule is OC(CNCCn1ccnn1)COc1ccc(F)cc1. The van der Waals surface area contributed by atoms with E-state index < -0.39 is 6.10 Å². The molecule has 20 heavy (non-hydrogen) atoms. The number of hydrogen-bond donors (Lipinski definition) is 2. The summed E-state index contributed by atoms with van der Waals surface area (Å²) in [5.74, 6) is 0.223. The standard InChI is InChI=1S/C13H17FN4O2/c14-11-1-3-13(4-2-11)20-10-12(19)9-15-5-7-18-8-6-16-17-18/h1-4,6,8,12,15,19H,5,7,9-10H2. The lowest BCUT2D eigenvalue weighted by molar-refractivity contribution is 0.106. The second kappa shape index (κ2) is 7.56. The largest absolute Gasteiger partial charge is 0.491 e. The number of rotatable bonds is 8. The van der Waals surface area contributed by atoms with Crippen LogP contribution >= 0.6 is 0 Å². The highest BCUT2D eigenvalue weighted by molar-refractivity contribution is 5.22. The molecule has 2 N–H and O–H groups in total. The molecule has 1 aromatic carbocycles. The summed E-state index contributed by atoms with van der Waals surface area (Å²) < 4.78 is 19.7. The van der Waals surface area contributed by atoms with Gasteiger partial charge in [0.05, 0.1) is 12.7 Å². The van der Waals surface area contributed by atoms with Crippen LogP contribution in [0.1, 0.15) is 0 Å². The Kier molecular flexibility index (Phi) is 5.45. The van der Waals surface area contributed by atoms with E-state index in [-0.39, 0.29) is 12.4 Å². The highest BCUT2D eigenvalue weighted by atomic mass is 19.1. The number of ether oxygens (including phenoxy) is 1. The molecule has 0 amide bonds. The smallest absolute Gasteiger partial charge is 0.123 e. The van der Waals surface area contributed by atoms with Crippen LogP contribution in [0.5, 0.6) is 5.75 Å². The van der Waals surface area contributed by atoms with Crippen molar-refractivity contribution < 1.29 is 14.2 Å². The minimum Gasteiger partial charge on any atom is -0.491 e. The van der Waals surface area contributed by atoms with Crippen molar-refractivity contribution in [2.45, 2.75) is 12.6 Å². The lowest BCUT2D eigenvalue weighted by Gasteiger charge is -2.13. The first-order chi connectivity index (χ1) is 9.74. The van der Waals surface area contributed by atoms with Gasteiger partial charge in [0.1, 0.15) is 24.3 Å². The average Bonchev–Trinajstić information content (AvgIpc) is 2.96. The molecule has 108 valence electrons. The highest BCUT2D eigenvalue weighted by Gasteiger charge is 2.05. The van der Waals surface area contributed by atoms with Crippen LogP contribution < -0.4 is 10.1 Å². The topological polar surface area (TPSA) is 72.2 Å². The zero-order chi connectivity index (χ0) is 14.2. The molecule has 0 aliphatic carbocycles. The molecule has 0 radical (unpaired) electrons. The molecule has 7 heteroatoms. The minimum atomic E-state index is -0.629. The van der Waals surface area contributed by atoms with Crippen LogP contribution in [0.2, 0.25) is 0 Å². The van der Waals surface area contributed by atoms with Crippen molar-refractivity contribution >= 4 is 0 Å². The van der Waals surface area contributed by atoms with Crippen molar-refractivity contribution in [3.05, 3.63) is 42.5 Å². The monoisotopic (exact) mass is 280 g/mol. The fourth-order valence-electron chi connectivity index (χ4n) is 1.60. The van der Waals surface area contributed by atoms with Gasteiger partial charge in [-0.1, -0.05) is 5.21 Å². The van der Waals surface area contributed by atoms with E-state index in [9.17, 15) is 9.50 Å². The number of aliphatic hydroxyl groups excluding tert-OH is 1. The van der Waals surface area contributed by atoms with Gasteiger partial charge in [0.15, 0.2) is 0 Å². The van der Waals surface area contributed by atoms with Crippen molar-refractivity contribution in [1.82, 2.24) is 20.3 Å². The number of nitrogens with zero attached hydrogens (tertiary/aromatic N) is 3. The van der Waals surface area contributed by atoms with Gasteiger partial charge >= 0.3 is 0 Å². The Bertz CT molecular complexity index is 490. The molecule has 2 rings (SSSR count). The third-order valence-corrected chi connectivity index (χ3v) is 2.63. The fourth-order valence-corrected chi connectivity index (χ4v) is 1.60. The van der Waals surface area contributed by atoms with E-state index in [0.29, 0.717) is 25.4 Å². The molecule has 6 nitrogen and oxygen atoms in total. The second-order valence-electron chi connectivity index (χ2n) is 4.29. The van der Waals surface area contributed by atoms with Crippen LogP contribution in [-0.4, -0.2) is 45.9 Å². The van der Waals surface area contributed by atoms with E-state index in [1.807, 2.05) is 0 Å². The van der Waals surface area contributed by atoms with Crippen LogP contribution in [-0.2, 0) is 6.54 Å². The van der Waals surface area contributed by atoms with Crippen LogP contribution in [0, 0.1) is 5.82 Å². The predicted octanol–water partition coefficient (Wildman–Crippen LogP) is 0.447.